The topological polar surface area (TPSA) is 106 Å². The van der Waals surface area contributed by atoms with E-state index >= 15 is 0 Å². The molecule has 9 heteroatoms. The first kappa shape index (κ1) is 20.7. The summed E-state index contributed by atoms with van der Waals surface area (Å²) >= 11 is 1.09. The summed E-state index contributed by atoms with van der Waals surface area (Å²) in [6.45, 7) is 3.65. The van der Waals surface area contributed by atoms with Crippen LogP contribution >= 0.6 is 11.8 Å². The van der Waals surface area contributed by atoms with E-state index in [9.17, 15) is 18.5 Å². The molecule has 0 saturated heterocycles. The third-order valence-electron chi connectivity index (χ3n) is 3.34. The zero-order chi connectivity index (χ0) is 19.9. The molecule has 2 rings (SSSR count). The van der Waals surface area contributed by atoms with Crippen molar-refractivity contribution in [2.45, 2.75) is 20.3 Å². The predicted octanol–water partition coefficient (Wildman–Crippen LogP) is 3.47. The molecule has 0 radical (unpaired) electrons. The van der Waals surface area contributed by atoms with Gasteiger partial charge in [0.2, 0.25) is 0 Å². The van der Waals surface area contributed by atoms with Gasteiger partial charge in [-0.3, -0.25) is 4.28 Å². The van der Waals surface area contributed by atoms with Crippen LogP contribution in [-0.2, 0) is 19.1 Å². The number of hydrogen-bond acceptors (Lipinski definition) is 8. The lowest BCUT2D eigenvalue weighted by atomic mass is 10.00. The van der Waals surface area contributed by atoms with Crippen LogP contribution in [0.25, 0.3) is 5.57 Å². The summed E-state index contributed by atoms with van der Waals surface area (Å²) in [6, 6.07) is 8.74. The number of allylic oxidation sites excluding steroid dienone is 2. The van der Waals surface area contributed by atoms with E-state index in [1.54, 1.807) is 50.3 Å². The quantitative estimate of drug-likeness (QED) is 0.388. The summed E-state index contributed by atoms with van der Waals surface area (Å²) in [4.78, 5) is 12.7. The normalized spacial score (nSPS) is 16.9. The van der Waals surface area contributed by atoms with Gasteiger partial charge in [-0.05, 0) is 31.6 Å². The van der Waals surface area contributed by atoms with Gasteiger partial charge in [0.15, 0.2) is 0 Å². The van der Waals surface area contributed by atoms with E-state index in [0.717, 1.165) is 11.8 Å². The zero-order valence-electron chi connectivity index (χ0n) is 14.8. The first-order chi connectivity index (χ1) is 12.9. The highest BCUT2D eigenvalue weighted by Crippen LogP contribution is 2.35. The lowest BCUT2D eigenvalue weighted by Crippen LogP contribution is -2.08. The van der Waals surface area contributed by atoms with Gasteiger partial charge >= 0.3 is 16.1 Å². The van der Waals surface area contributed by atoms with Gasteiger partial charge in [0.1, 0.15) is 11.1 Å². The molecule has 1 aliphatic heterocycles. The van der Waals surface area contributed by atoms with Crippen LogP contribution in [0.15, 0.2) is 46.5 Å². The molecule has 0 unspecified atom stereocenters. The number of carbonyl (C=O) groups is 1. The third-order valence-corrected chi connectivity index (χ3v) is 5.53. The van der Waals surface area contributed by atoms with Gasteiger partial charge in [-0.15, -0.1) is 0 Å². The summed E-state index contributed by atoms with van der Waals surface area (Å²) in [7, 11) is -3.72. The van der Waals surface area contributed by atoms with Gasteiger partial charge in [-0.1, -0.05) is 42.0 Å². The number of rotatable bonds is 7. The van der Waals surface area contributed by atoms with E-state index in [2.05, 4.69) is 15.5 Å². The van der Waals surface area contributed by atoms with Gasteiger partial charge in [0, 0.05) is 10.5 Å². The maximum Gasteiger partial charge on any atom is 0.338 e. The number of thioether (sulfide) groups is 1. The van der Waals surface area contributed by atoms with Gasteiger partial charge in [-0.25, -0.2) is 4.79 Å². The van der Waals surface area contributed by atoms with Gasteiger partial charge < -0.3 is 4.74 Å². The van der Waals surface area contributed by atoms with Gasteiger partial charge in [0.25, 0.3) is 0 Å². The third kappa shape index (κ3) is 5.45. The summed E-state index contributed by atoms with van der Waals surface area (Å²) in [6.07, 6.45) is 3.59. The number of oxime groups is 1. The van der Waals surface area contributed by atoms with Crippen molar-refractivity contribution in [2.75, 3.05) is 12.4 Å². The van der Waals surface area contributed by atoms with Crippen molar-refractivity contribution >= 4 is 38.5 Å². The molecule has 1 aromatic rings. The van der Waals surface area contributed by atoms with Crippen LogP contribution in [0.5, 0.6) is 0 Å². The Bertz CT molecular complexity index is 956. The molecule has 1 aromatic carbocycles. The van der Waals surface area contributed by atoms with Crippen molar-refractivity contribution in [1.82, 2.24) is 0 Å². The van der Waals surface area contributed by atoms with Crippen LogP contribution in [0, 0.1) is 11.3 Å². The number of hydrogen-bond donors (Lipinski definition) is 0. The van der Waals surface area contributed by atoms with Crippen LogP contribution in [0.4, 0.5) is 0 Å². The molecule has 0 saturated carbocycles. The minimum Gasteiger partial charge on any atom is -0.462 e. The summed E-state index contributed by atoms with van der Waals surface area (Å²) in [5.41, 5.74) is 0.984. The fourth-order valence-electron chi connectivity index (χ4n) is 2.23. The molecular formula is C18H18N2O5S2. The van der Waals surface area contributed by atoms with Crippen molar-refractivity contribution in [3.63, 3.8) is 0 Å². The minimum absolute atomic E-state index is 0.128. The molecule has 0 aromatic heterocycles. The molecule has 0 bridgehead atoms. The molecule has 27 heavy (non-hydrogen) atoms. The minimum atomic E-state index is -3.72. The number of carbonyl (C=O) groups excluding carboxylic acids is 1. The van der Waals surface area contributed by atoms with Crippen molar-refractivity contribution in [3.05, 3.63) is 52.4 Å². The molecule has 0 atom stereocenters. The van der Waals surface area contributed by atoms with Gasteiger partial charge in [0.05, 0.1) is 23.5 Å². The molecule has 0 spiro atoms. The summed E-state index contributed by atoms with van der Waals surface area (Å²) < 4.78 is 32.8. The molecule has 0 N–H and O–H groups in total. The zero-order valence-corrected chi connectivity index (χ0v) is 16.5. The van der Waals surface area contributed by atoms with Crippen molar-refractivity contribution in [2.24, 2.45) is 5.16 Å². The van der Waals surface area contributed by atoms with E-state index in [4.69, 9.17) is 4.74 Å². The summed E-state index contributed by atoms with van der Waals surface area (Å²) in [5.74, 6) is -0.645. The second-order valence-corrected chi connectivity index (χ2v) is 8.05. The SMILES string of the molecule is CCCS(=O)(=O)ON=C1C=CC(=C(C#N)c2ccccc2C(=O)OCC)S1. The van der Waals surface area contributed by atoms with Crippen molar-refractivity contribution in [1.29, 1.82) is 5.26 Å². The highest BCUT2D eigenvalue weighted by molar-refractivity contribution is 8.18. The lowest BCUT2D eigenvalue weighted by molar-refractivity contribution is 0.0526. The molecule has 1 aliphatic rings. The second-order valence-electron chi connectivity index (χ2n) is 5.32. The Morgan fingerprint density at radius 3 is 2.56 bits per heavy atom. The average molecular weight is 406 g/mol. The monoisotopic (exact) mass is 406 g/mol. The fraction of sp³-hybridized carbons (Fsp3) is 0.278. The Morgan fingerprint density at radius 2 is 1.93 bits per heavy atom. The van der Waals surface area contributed by atoms with Crippen LogP contribution in [-0.4, -0.2) is 31.8 Å². The number of nitriles is 1. The number of ether oxygens (including phenoxy) is 1. The maximum atomic E-state index is 12.2. The molecule has 0 amide bonds. The first-order valence-corrected chi connectivity index (χ1v) is 10.6. The Kier molecular flexibility index (Phi) is 7.21. The van der Waals surface area contributed by atoms with Crippen molar-refractivity contribution < 1.29 is 22.2 Å². The molecule has 7 nitrogen and oxygen atoms in total. The molecule has 1 heterocycles. The van der Waals surface area contributed by atoms with E-state index < -0.39 is 16.1 Å². The van der Waals surface area contributed by atoms with Crippen LogP contribution < -0.4 is 0 Å². The largest absolute Gasteiger partial charge is 0.462 e. The molecule has 0 fully saturated rings. The maximum absolute atomic E-state index is 12.2. The highest BCUT2D eigenvalue weighted by atomic mass is 32.2. The lowest BCUT2D eigenvalue weighted by Gasteiger charge is -2.09. The van der Waals surface area contributed by atoms with Crippen LogP contribution in [0.3, 0.4) is 0 Å². The Labute approximate surface area is 162 Å². The number of nitrogens with zero attached hydrogens (tertiary/aromatic N) is 2. The van der Waals surface area contributed by atoms with Crippen LogP contribution in [0.1, 0.15) is 36.2 Å². The highest BCUT2D eigenvalue weighted by Gasteiger charge is 2.21. The predicted molar refractivity (Wildman–Crippen MR) is 104 cm³/mol. The molecule has 0 aliphatic carbocycles. The average Bonchev–Trinajstić information content (AvgIpc) is 3.10. The molecule has 142 valence electrons. The second kappa shape index (κ2) is 9.39. The summed E-state index contributed by atoms with van der Waals surface area (Å²) in [5, 5.41) is 13.5. The Balaban J connectivity index is 2.32. The first-order valence-electron chi connectivity index (χ1n) is 8.18. The Morgan fingerprint density at radius 1 is 1.22 bits per heavy atom. The van der Waals surface area contributed by atoms with E-state index in [1.165, 1.54) is 0 Å². The standard InChI is InChI=1S/C18H18N2O5S2/c1-3-11-27(22,23)25-20-17-10-9-16(26-17)15(12-19)13-7-5-6-8-14(13)18(21)24-4-2/h5-10H,3-4,11H2,1-2H3. The van der Waals surface area contributed by atoms with Gasteiger partial charge in [-0.2, -0.15) is 13.7 Å². The van der Waals surface area contributed by atoms with E-state index in [1.807, 2.05) is 0 Å². The van der Waals surface area contributed by atoms with Crippen LogP contribution in [0.2, 0.25) is 0 Å². The van der Waals surface area contributed by atoms with E-state index in [0.29, 0.717) is 21.9 Å². The number of esters is 1. The molecular weight excluding hydrogens is 388 g/mol. The Hall–Kier alpha value is -2.57. The van der Waals surface area contributed by atoms with E-state index in [-0.39, 0.29) is 23.5 Å². The van der Waals surface area contributed by atoms with Crippen molar-refractivity contribution in [3.8, 4) is 6.07 Å². The fourth-order valence-corrected chi connectivity index (χ4v) is 3.87. The smallest absolute Gasteiger partial charge is 0.338 e. The number of benzene rings is 1.